The molecule has 0 amide bonds. The predicted octanol–water partition coefficient (Wildman–Crippen LogP) is 2.47. The topological polar surface area (TPSA) is 51.0 Å². The minimum absolute atomic E-state index is 0.236. The van der Waals surface area contributed by atoms with Crippen LogP contribution in [0, 0.1) is 6.92 Å². The Hall–Kier alpha value is -1.68. The summed E-state index contributed by atoms with van der Waals surface area (Å²) in [6, 6.07) is 8.29. The predicted molar refractivity (Wildman–Crippen MR) is 64.4 cm³/mol. The van der Waals surface area contributed by atoms with E-state index in [2.05, 4.69) is 15.5 Å². The van der Waals surface area contributed by atoms with Gasteiger partial charge in [-0.25, -0.2) is 0 Å². The Bertz CT molecular complexity index is 515. The molecule has 1 aliphatic rings. The summed E-state index contributed by atoms with van der Waals surface area (Å²) in [5.74, 6) is 1.33. The molecule has 4 nitrogen and oxygen atoms in total. The summed E-state index contributed by atoms with van der Waals surface area (Å²) in [5.41, 5.74) is 2.17. The van der Waals surface area contributed by atoms with E-state index in [9.17, 15) is 0 Å². The van der Waals surface area contributed by atoms with Crippen molar-refractivity contribution in [1.82, 2.24) is 15.5 Å². The fourth-order valence-electron chi connectivity index (χ4n) is 2.19. The zero-order valence-electron chi connectivity index (χ0n) is 9.81. The first-order chi connectivity index (χ1) is 8.34. The van der Waals surface area contributed by atoms with E-state index in [0.717, 1.165) is 24.1 Å². The largest absolute Gasteiger partial charge is 0.419 e. The van der Waals surface area contributed by atoms with Gasteiger partial charge in [-0.15, -0.1) is 10.2 Å². The van der Waals surface area contributed by atoms with Gasteiger partial charge in [0.15, 0.2) is 0 Å². The lowest BCUT2D eigenvalue weighted by atomic mass is 10.1. The zero-order valence-corrected chi connectivity index (χ0v) is 9.81. The van der Waals surface area contributed by atoms with Gasteiger partial charge < -0.3 is 9.73 Å². The third kappa shape index (κ3) is 1.96. The summed E-state index contributed by atoms with van der Waals surface area (Å²) < 4.78 is 5.75. The standard InChI is InChI=1S/C13H15N3O/c1-9-5-2-3-6-10(9)12-15-16-13(17-12)11-7-4-8-14-11/h2-3,5-6,11,14H,4,7-8H2,1H3/t11-/m0/s1. The Morgan fingerprint density at radius 2 is 2.18 bits per heavy atom. The number of hydrogen-bond acceptors (Lipinski definition) is 4. The third-order valence-corrected chi connectivity index (χ3v) is 3.17. The summed E-state index contributed by atoms with van der Waals surface area (Å²) in [7, 11) is 0. The van der Waals surface area contributed by atoms with Crippen molar-refractivity contribution in [2.24, 2.45) is 0 Å². The Morgan fingerprint density at radius 1 is 1.29 bits per heavy atom. The van der Waals surface area contributed by atoms with Crippen LogP contribution in [-0.2, 0) is 0 Å². The third-order valence-electron chi connectivity index (χ3n) is 3.17. The monoisotopic (exact) mass is 229 g/mol. The van der Waals surface area contributed by atoms with Gasteiger partial charge in [-0.3, -0.25) is 0 Å². The first kappa shape index (κ1) is 10.5. The second kappa shape index (κ2) is 4.30. The highest BCUT2D eigenvalue weighted by Crippen LogP contribution is 2.26. The molecule has 0 bridgehead atoms. The highest BCUT2D eigenvalue weighted by Gasteiger charge is 2.22. The molecule has 1 fully saturated rings. The van der Waals surface area contributed by atoms with Gasteiger partial charge in [0.2, 0.25) is 11.8 Å². The molecule has 1 N–H and O–H groups in total. The second-order valence-electron chi connectivity index (χ2n) is 4.41. The Balaban J connectivity index is 1.92. The van der Waals surface area contributed by atoms with Crippen LogP contribution in [0.5, 0.6) is 0 Å². The number of nitrogens with zero attached hydrogens (tertiary/aromatic N) is 2. The molecule has 0 unspecified atom stereocenters. The lowest BCUT2D eigenvalue weighted by Gasteiger charge is -2.03. The van der Waals surface area contributed by atoms with Gasteiger partial charge in [0, 0.05) is 5.56 Å². The van der Waals surface area contributed by atoms with E-state index in [1.165, 1.54) is 6.42 Å². The van der Waals surface area contributed by atoms with Crippen LogP contribution in [0.2, 0.25) is 0 Å². The molecule has 2 aromatic rings. The number of hydrogen-bond donors (Lipinski definition) is 1. The molecule has 1 atom stereocenters. The number of benzene rings is 1. The molecule has 88 valence electrons. The van der Waals surface area contributed by atoms with Crippen molar-refractivity contribution in [3.63, 3.8) is 0 Å². The first-order valence-corrected chi connectivity index (χ1v) is 5.97. The van der Waals surface area contributed by atoms with Crippen LogP contribution < -0.4 is 5.32 Å². The van der Waals surface area contributed by atoms with Crippen molar-refractivity contribution in [3.8, 4) is 11.5 Å². The zero-order chi connectivity index (χ0) is 11.7. The lowest BCUT2D eigenvalue weighted by Crippen LogP contribution is -2.12. The van der Waals surface area contributed by atoms with Gasteiger partial charge in [-0.2, -0.15) is 0 Å². The SMILES string of the molecule is Cc1ccccc1-c1nnc([C@@H]2CCCN2)o1. The molecule has 1 saturated heterocycles. The van der Waals surface area contributed by atoms with Crippen LogP contribution in [0.3, 0.4) is 0 Å². The minimum Gasteiger partial charge on any atom is -0.419 e. The number of aryl methyl sites for hydroxylation is 1. The number of rotatable bonds is 2. The molecule has 0 saturated carbocycles. The van der Waals surface area contributed by atoms with Crippen LogP contribution in [0.1, 0.15) is 30.3 Å². The van der Waals surface area contributed by atoms with Crippen molar-refractivity contribution in [1.29, 1.82) is 0 Å². The molecule has 1 aromatic heterocycles. The van der Waals surface area contributed by atoms with E-state index in [-0.39, 0.29) is 6.04 Å². The molecule has 1 aliphatic heterocycles. The smallest absolute Gasteiger partial charge is 0.248 e. The Labute approximate surface area is 100 Å². The van der Waals surface area contributed by atoms with Gasteiger partial charge in [-0.05, 0) is 37.9 Å². The van der Waals surface area contributed by atoms with Gasteiger partial charge >= 0.3 is 0 Å². The Kier molecular flexibility index (Phi) is 2.65. The van der Waals surface area contributed by atoms with E-state index >= 15 is 0 Å². The lowest BCUT2D eigenvalue weighted by molar-refractivity contribution is 0.437. The first-order valence-electron chi connectivity index (χ1n) is 5.97. The molecular weight excluding hydrogens is 214 g/mol. The number of aromatic nitrogens is 2. The average Bonchev–Trinajstić information content (AvgIpc) is 3.00. The van der Waals surface area contributed by atoms with E-state index in [1.54, 1.807) is 0 Å². The summed E-state index contributed by atoms with van der Waals surface area (Å²) in [4.78, 5) is 0. The van der Waals surface area contributed by atoms with Crippen molar-refractivity contribution in [2.75, 3.05) is 6.54 Å². The van der Waals surface area contributed by atoms with Crippen molar-refractivity contribution >= 4 is 0 Å². The molecule has 0 radical (unpaired) electrons. The summed E-state index contributed by atoms with van der Waals surface area (Å²) in [6.07, 6.45) is 2.25. The van der Waals surface area contributed by atoms with Crippen molar-refractivity contribution in [2.45, 2.75) is 25.8 Å². The molecule has 3 rings (SSSR count). The van der Waals surface area contributed by atoms with Crippen molar-refractivity contribution in [3.05, 3.63) is 35.7 Å². The highest BCUT2D eigenvalue weighted by molar-refractivity contribution is 5.57. The molecule has 1 aromatic carbocycles. The second-order valence-corrected chi connectivity index (χ2v) is 4.41. The van der Waals surface area contributed by atoms with Crippen LogP contribution in [0.4, 0.5) is 0 Å². The van der Waals surface area contributed by atoms with Crippen LogP contribution in [0.25, 0.3) is 11.5 Å². The van der Waals surface area contributed by atoms with Crippen molar-refractivity contribution < 1.29 is 4.42 Å². The van der Waals surface area contributed by atoms with Gasteiger partial charge in [0.25, 0.3) is 0 Å². The summed E-state index contributed by atoms with van der Waals surface area (Å²) in [6.45, 7) is 3.08. The van der Waals surface area contributed by atoms with Gasteiger partial charge in [0.1, 0.15) is 0 Å². The number of nitrogens with one attached hydrogen (secondary N) is 1. The average molecular weight is 229 g/mol. The van der Waals surface area contributed by atoms with Crippen LogP contribution >= 0.6 is 0 Å². The summed E-state index contributed by atoms with van der Waals surface area (Å²) >= 11 is 0. The van der Waals surface area contributed by atoms with E-state index in [0.29, 0.717) is 11.8 Å². The minimum atomic E-state index is 0.236. The maximum absolute atomic E-state index is 5.75. The molecule has 0 aliphatic carbocycles. The maximum atomic E-state index is 5.75. The normalized spacial score (nSPS) is 19.7. The quantitative estimate of drug-likeness (QED) is 0.859. The van der Waals surface area contributed by atoms with E-state index < -0.39 is 0 Å². The molecule has 4 heteroatoms. The molecular formula is C13H15N3O. The van der Waals surface area contributed by atoms with Gasteiger partial charge in [-0.1, -0.05) is 18.2 Å². The molecule has 17 heavy (non-hydrogen) atoms. The molecule has 2 heterocycles. The van der Waals surface area contributed by atoms with Gasteiger partial charge in [0.05, 0.1) is 6.04 Å². The Morgan fingerprint density at radius 3 is 2.94 bits per heavy atom. The highest BCUT2D eigenvalue weighted by atomic mass is 16.4. The van der Waals surface area contributed by atoms with E-state index in [4.69, 9.17) is 4.42 Å². The fraction of sp³-hybridized carbons (Fsp3) is 0.385. The van der Waals surface area contributed by atoms with Crippen LogP contribution in [-0.4, -0.2) is 16.7 Å². The molecule has 0 spiro atoms. The fourth-order valence-corrected chi connectivity index (χ4v) is 2.19. The van der Waals surface area contributed by atoms with Crippen LogP contribution in [0.15, 0.2) is 28.7 Å². The van der Waals surface area contributed by atoms with E-state index in [1.807, 2.05) is 31.2 Å². The summed E-state index contributed by atoms with van der Waals surface area (Å²) in [5, 5.41) is 11.6. The maximum Gasteiger partial charge on any atom is 0.248 e.